The quantitative estimate of drug-likeness (QED) is 0.395. The smallest absolute Gasteiger partial charge is 0.251 e. The van der Waals surface area contributed by atoms with Crippen molar-refractivity contribution in [1.29, 1.82) is 0 Å². The van der Waals surface area contributed by atoms with E-state index in [0.29, 0.717) is 48.0 Å². The van der Waals surface area contributed by atoms with Crippen LogP contribution in [0.25, 0.3) is 33.8 Å². The number of carbonyl (C=O) groups excluding carboxylic acids is 1. The Morgan fingerprint density at radius 3 is 2.59 bits per heavy atom. The highest BCUT2D eigenvalue weighted by atomic mass is 32.2. The van der Waals surface area contributed by atoms with Crippen LogP contribution in [-0.4, -0.2) is 68.2 Å². The minimum absolute atomic E-state index is 0.0984. The van der Waals surface area contributed by atoms with Crippen LogP contribution in [0.15, 0.2) is 36.9 Å². The van der Waals surface area contributed by atoms with Crippen molar-refractivity contribution in [2.24, 2.45) is 0 Å². The van der Waals surface area contributed by atoms with Gasteiger partial charge in [-0.2, -0.15) is 0 Å². The normalized spacial score (nSPS) is 19.6. The number of thiol groups is 1. The van der Waals surface area contributed by atoms with Gasteiger partial charge < -0.3 is 9.47 Å². The van der Waals surface area contributed by atoms with E-state index in [-0.39, 0.29) is 11.8 Å². The van der Waals surface area contributed by atoms with E-state index in [9.17, 15) is 13.2 Å². The number of carbonyl (C=O) groups is 1. The summed E-state index contributed by atoms with van der Waals surface area (Å²) in [7, 11) is -0.926. The van der Waals surface area contributed by atoms with Gasteiger partial charge in [-0.1, -0.05) is 6.07 Å². The molecule has 11 nitrogen and oxygen atoms in total. The summed E-state index contributed by atoms with van der Waals surface area (Å²) in [6.07, 6.45) is 6.33. The van der Waals surface area contributed by atoms with Gasteiger partial charge >= 0.3 is 0 Å². The minimum atomic E-state index is -2.67. The first-order valence-electron chi connectivity index (χ1n) is 12.1. The third kappa shape index (κ3) is 3.46. The molecule has 0 saturated carbocycles. The number of anilines is 1. The number of likely N-dealkylation sites (tertiary alicyclic amines) is 1. The molecular weight excluding hydrogens is 492 g/mol. The summed E-state index contributed by atoms with van der Waals surface area (Å²) in [5, 5.41) is 0. The second-order valence-electron chi connectivity index (χ2n) is 9.39. The number of imidazole rings is 1. The molecule has 0 aliphatic carbocycles. The predicted molar refractivity (Wildman–Crippen MR) is 138 cm³/mol. The number of hydrogen-bond acceptors (Lipinski definition) is 9. The zero-order valence-corrected chi connectivity index (χ0v) is 21.6. The second-order valence-corrected chi connectivity index (χ2v) is 10.3. The zero-order valence-electron chi connectivity index (χ0n) is 20.7. The number of rotatable bonds is 5. The maximum Gasteiger partial charge on any atom is 0.251 e. The highest BCUT2D eigenvalue weighted by Crippen LogP contribution is 2.50. The maximum atomic E-state index is 13.5. The summed E-state index contributed by atoms with van der Waals surface area (Å²) in [6, 6.07) is 5.80. The van der Waals surface area contributed by atoms with E-state index in [2.05, 4.69) is 19.9 Å². The van der Waals surface area contributed by atoms with Gasteiger partial charge in [0.1, 0.15) is 40.6 Å². The van der Waals surface area contributed by atoms with Gasteiger partial charge in [0.25, 0.3) is 5.91 Å². The second kappa shape index (κ2) is 8.67. The molecule has 190 valence electrons. The topological polar surface area (TPSA) is 127 Å². The largest absolute Gasteiger partial charge is 0.313 e. The molecule has 5 heterocycles. The molecule has 4 aromatic rings. The minimum Gasteiger partial charge on any atom is -0.313 e. The zero-order chi connectivity index (χ0) is 25.9. The molecule has 1 atom stereocenters. The van der Waals surface area contributed by atoms with Crippen LogP contribution in [0.2, 0.25) is 0 Å². The van der Waals surface area contributed by atoms with Crippen LogP contribution < -0.4 is 4.90 Å². The number of aryl methyl sites for hydroxylation is 2. The van der Waals surface area contributed by atoms with E-state index in [1.807, 2.05) is 36.6 Å². The van der Waals surface area contributed by atoms with Crippen molar-refractivity contribution < 1.29 is 13.2 Å². The molecular formula is C25H26N8O3S. The van der Waals surface area contributed by atoms with Crippen LogP contribution in [0, 0.1) is 6.92 Å². The average Bonchev–Trinajstić information content (AvgIpc) is 3.54. The molecule has 1 saturated heterocycles. The van der Waals surface area contributed by atoms with E-state index >= 15 is 0 Å². The van der Waals surface area contributed by atoms with Gasteiger partial charge in [-0.05, 0) is 38.8 Å². The van der Waals surface area contributed by atoms with Gasteiger partial charge in [0, 0.05) is 49.3 Å². The van der Waals surface area contributed by atoms with Crippen molar-refractivity contribution in [3.63, 3.8) is 0 Å². The molecule has 37 heavy (non-hydrogen) atoms. The molecule has 12 heteroatoms. The van der Waals surface area contributed by atoms with E-state index in [0.717, 1.165) is 28.8 Å². The van der Waals surface area contributed by atoms with Crippen molar-refractivity contribution in [3.05, 3.63) is 48.3 Å². The third-order valence-electron chi connectivity index (χ3n) is 7.42. The van der Waals surface area contributed by atoms with Crippen molar-refractivity contribution in [2.45, 2.75) is 38.8 Å². The summed E-state index contributed by atoms with van der Waals surface area (Å²) in [6.45, 7) is 5.05. The van der Waals surface area contributed by atoms with Gasteiger partial charge in [0.2, 0.25) is 0 Å². The first kappa shape index (κ1) is 23.6. The lowest BCUT2D eigenvalue weighted by atomic mass is 9.87. The first-order chi connectivity index (χ1) is 17.8. The Kier molecular flexibility index (Phi) is 5.53. The van der Waals surface area contributed by atoms with Crippen LogP contribution in [0.5, 0.6) is 0 Å². The summed E-state index contributed by atoms with van der Waals surface area (Å²) in [4.78, 5) is 39.6. The van der Waals surface area contributed by atoms with E-state index in [4.69, 9.17) is 4.98 Å². The molecule has 0 bridgehead atoms. The van der Waals surface area contributed by atoms with Crippen molar-refractivity contribution >= 4 is 33.5 Å². The Labute approximate surface area is 215 Å². The molecule has 1 fully saturated rings. The molecule has 1 spiro atoms. The number of benzene rings is 1. The molecule has 0 N–H and O–H groups in total. The number of hydrogen-bond donors (Lipinski definition) is 1. The number of likely N-dealkylation sites (N-methyl/N-ethyl adjacent to an activating group) is 1. The summed E-state index contributed by atoms with van der Waals surface area (Å²) in [5.41, 5.74) is 4.14. The Balaban J connectivity index is 1.53. The van der Waals surface area contributed by atoms with Crippen molar-refractivity contribution in [1.82, 2.24) is 34.4 Å². The Hall–Kier alpha value is -3.77. The molecule has 0 radical (unpaired) electrons. The number of amides is 1. The molecule has 1 aromatic carbocycles. The van der Waals surface area contributed by atoms with Crippen LogP contribution in [0.1, 0.15) is 31.2 Å². The molecule has 6 rings (SSSR count). The monoisotopic (exact) mass is 518 g/mol. The third-order valence-corrected chi connectivity index (χ3v) is 7.99. The lowest BCUT2D eigenvalue weighted by Crippen LogP contribution is -2.49. The summed E-state index contributed by atoms with van der Waals surface area (Å²) < 4.78 is 25.3. The van der Waals surface area contributed by atoms with Crippen molar-refractivity contribution in [2.75, 3.05) is 24.4 Å². The van der Waals surface area contributed by atoms with Crippen LogP contribution in [-0.2, 0) is 27.6 Å². The first-order valence-corrected chi connectivity index (χ1v) is 13.5. The average molecular weight is 519 g/mol. The van der Waals surface area contributed by atoms with Gasteiger partial charge in [-0.15, -0.1) is 0 Å². The van der Waals surface area contributed by atoms with E-state index in [1.165, 1.54) is 6.33 Å². The molecule has 0 unspecified atom stereocenters. The van der Waals surface area contributed by atoms with Crippen molar-refractivity contribution in [3.8, 4) is 22.6 Å². The van der Waals surface area contributed by atoms with Crippen LogP contribution >= 0.6 is 0 Å². The molecule has 2 aliphatic heterocycles. The lowest BCUT2D eigenvalue weighted by Gasteiger charge is -2.32. The molecule has 1 amide bonds. The van der Waals surface area contributed by atoms with Gasteiger partial charge in [0.05, 0.1) is 5.56 Å². The number of aromatic nitrogens is 6. The molecule has 2 aliphatic rings. The fourth-order valence-electron chi connectivity index (χ4n) is 5.74. The van der Waals surface area contributed by atoms with Crippen LogP contribution in [0.4, 0.5) is 5.69 Å². The standard InChI is InChI=1S/C25H26N8O3S/c1-4-33-22(17-11-26-15(2)27-12-17)30-21-20(28-13-29-23(21)33)16-6-7-19-18(10-16)25(24(34)31(19)3)8-5-9-32(25)14-37(35)36/h6-7,10-13,37H,4-5,8-9,14H2,1-3H3/t25-/m0/s1. The van der Waals surface area contributed by atoms with Crippen LogP contribution in [0.3, 0.4) is 0 Å². The molecule has 3 aromatic heterocycles. The van der Waals surface area contributed by atoms with Gasteiger partial charge in [0.15, 0.2) is 16.4 Å². The lowest BCUT2D eigenvalue weighted by molar-refractivity contribution is -0.127. The summed E-state index contributed by atoms with van der Waals surface area (Å²) >= 11 is 0. The Morgan fingerprint density at radius 1 is 1.08 bits per heavy atom. The SMILES string of the molecule is CCn1c(-c2cnc(C)nc2)nc2c(-c3ccc4c(c3)[C@@]3(CCCN3C[SH](=O)=O)C(=O)N4C)ncnc21. The van der Waals surface area contributed by atoms with E-state index in [1.54, 1.807) is 29.2 Å². The Bertz CT molecular complexity index is 1620. The summed E-state index contributed by atoms with van der Waals surface area (Å²) in [5.74, 6) is 1.13. The number of nitrogens with zero attached hydrogens (tertiary/aromatic N) is 8. The Morgan fingerprint density at radius 2 is 1.86 bits per heavy atom. The number of fused-ring (bicyclic) bond motifs is 3. The highest BCUT2D eigenvalue weighted by Gasteiger charge is 2.56. The maximum absolute atomic E-state index is 13.5. The van der Waals surface area contributed by atoms with Gasteiger partial charge in [-0.3, -0.25) is 9.69 Å². The fraction of sp³-hybridized carbons (Fsp3) is 0.360. The highest BCUT2D eigenvalue weighted by molar-refractivity contribution is 7.72. The van der Waals surface area contributed by atoms with E-state index < -0.39 is 16.2 Å². The fourth-order valence-corrected chi connectivity index (χ4v) is 6.40. The van der Waals surface area contributed by atoms with Gasteiger partial charge in [-0.25, -0.2) is 33.3 Å². The predicted octanol–water partition coefficient (Wildman–Crippen LogP) is 2.12.